The van der Waals surface area contributed by atoms with Crippen LogP contribution in [0.5, 0.6) is 0 Å². The van der Waals surface area contributed by atoms with Crippen molar-refractivity contribution in [3.8, 4) is 0 Å². The van der Waals surface area contributed by atoms with Crippen molar-refractivity contribution in [2.75, 3.05) is 0 Å². The number of hydrogen-bond acceptors (Lipinski definition) is 3. The predicted octanol–water partition coefficient (Wildman–Crippen LogP) is 1.32. The van der Waals surface area contributed by atoms with Crippen LogP contribution >= 0.6 is 11.6 Å². The molecule has 4 nitrogen and oxygen atoms in total. The van der Waals surface area contributed by atoms with E-state index >= 15 is 0 Å². The minimum atomic E-state index is -0.926. The summed E-state index contributed by atoms with van der Waals surface area (Å²) in [4.78, 5) is 17.9. The van der Waals surface area contributed by atoms with Gasteiger partial charge in [-0.1, -0.05) is 0 Å². The van der Waals surface area contributed by atoms with Crippen molar-refractivity contribution in [3.63, 3.8) is 0 Å². The number of halogens is 1. The molecule has 0 aliphatic rings. The molecule has 5 heteroatoms. The average molecular weight is 187 g/mol. The summed E-state index contributed by atoms with van der Waals surface area (Å²) in [5.74, 6) is -1.57. The number of nitrogens with zero attached hydrogens (tertiary/aromatic N) is 2. The molecule has 1 aromatic heterocycles. The van der Waals surface area contributed by atoms with E-state index in [0.29, 0.717) is 5.69 Å². The van der Waals surface area contributed by atoms with E-state index in [0.717, 1.165) is 0 Å². The summed E-state index contributed by atoms with van der Waals surface area (Å²) in [5, 5.41) is 8.69. The molecule has 1 atom stereocenters. The molecule has 12 heavy (non-hydrogen) atoms. The Morgan fingerprint density at radius 1 is 1.75 bits per heavy atom. The van der Waals surface area contributed by atoms with Gasteiger partial charge in [0.05, 0.1) is 11.6 Å². The van der Waals surface area contributed by atoms with Gasteiger partial charge in [-0.25, -0.2) is 9.97 Å². The number of aliphatic carboxylic acids is 1. The summed E-state index contributed by atoms with van der Waals surface area (Å²) in [6, 6.07) is 1.53. The number of rotatable bonds is 2. The molecule has 0 bridgehead atoms. The van der Waals surface area contributed by atoms with E-state index in [1.165, 1.54) is 12.3 Å². The highest BCUT2D eigenvalue weighted by Gasteiger charge is 2.14. The summed E-state index contributed by atoms with van der Waals surface area (Å²) in [7, 11) is 0. The van der Waals surface area contributed by atoms with Gasteiger partial charge >= 0.3 is 5.97 Å². The maximum Gasteiger partial charge on any atom is 0.312 e. The Labute approximate surface area is 74.2 Å². The summed E-state index contributed by atoms with van der Waals surface area (Å²) >= 11 is 5.48. The van der Waals surface area contributed by atoms with Crippen molar-refractivity contribution in [3.05, 3.63) is 23.2 Å². The number of carboxylic acids is 1. The third-order valence-corrected chi connectivity index (χ3v) is 1.64. The number of aromatic nitrogens is 2. The van der Waals surface area contributed by atoms with Gasteiger partial charge in [0.15, 0.2) is 0 Å². The molecule has 0 spiro atoms. The molecule has 0 aliphatic carbocycles. The molecular formula is C7H7ClN2O2. The van der Waals surface area contributed by atoms with Crippen molar-refractivity contribution in [2.24, 2.45) is 0 Å². The standard InChI is InChI=1S/C7H7ClN2O2/c1-4(6(11)12)5-2-3-9-7(8)10-5/h2-4H,1H3,(H,11,12). The van der Waals surface area contributed by atoms with Crippen LogP contribution in [0.2, 0.25) is 5.28 Å². The Morgan fingerprint density at radius 3 is 2.92 bits per heavy atom. The quantitative estimate of drug-likeness (QED) is 0.708. The zero-order valence-corrected chi connectivity index (χ0v) is 7.12. The summed E-state index contributed by atoms with van der Waals surface area (Å²) in [6.45, 7) is 1.54. The molecule has 0 aromatic carbocycles. The SMILES string of the molecule is CC(C(=O)O)c1ccnc(Cl)n1. The lowest BCUT2D eigenvalue weighted by molar-refractivity contribution is -0.138. The molecule has 0 radical (unpaired) electrons. The van der Waals surface area contributed by atoms with E-state index in [1.807, 2.05) is 0 Å². The fourth-order valence-electron chi connectivity index (χ4n) is 0.715. The van der Waals surface area contributed by atoms with E-state index in [2.05, 4.69) is 9.97 Å². The zero-order chi connectivity index (χ0) is 9.14. The van der Waals surface area contributed by atoms with Crippen LogP contribution in [0, 0.1) is 0 Å². The molecule has 1 aromatic rings. The van der Waals surface area contributed by atoms with Crippen LogP contribution < -0.4 is 0 Å². The first kappa shape index (κ1) is 8.93. The zero-order valence-electron chi connectivity index (χ0n) is 6.36. The van der Waals surface area contributed by atoms with Gasteiger partial charge in [-0.3, -0.25) is 4.79 Å². The molecular weight excluding hydrogens is 180 g/mol. The normalized spacial score (nSPS) is 12.5. The van der Waals surface area contributed by atoms with Crippen molar-refractivity contribution in [1.29, 1.82) is 0 Å². The van der Waals surface area contributed by atoms with Crippen molar-refractivity contribution in [1.82, 2.24) is 9.97 Å². The van der Waals surface area contributed by atoms with E-state index < -0.39 is 11.9 Å². The highest BCUT2D eigenvalue weighted by molar-refractivity contribution is 6.28. The molecule has 0 fully saturated rings. The Balaban J connectivity index is 2.95. The maximum atomic E-state index is 10.5. The van der Waals surface area contributed by atoms with Crippen LogP contribution in [-0.4, -0.2) is 21.0 Å². The lowest BCUT2D eigenvalue weighted by Gasteiger charge is -2.03. The average Bonchev–Trinajstić information content (AvgIpc) is 2.03. The molecule has 1 N–H and O–H groups in total. The van der Waals surface area contributed by atoms with Gasteiger partial charge in [0, 0.05) is 6.20 Å². The molecule has 0 saturated carbocycles. The first-order valence-electron chi connectivity index (χ1n) is 3.32. The summed E-state index contributed by atoms with van der Waals surface area (Å²) in [6.07, 6.45) is 1.43. The molecule has 64 valence electrons. The maximum absolute atomic E-state index is 10.5. The Hall–Kier alpha value is -1.16. The summed E-state index contributed by atoms with van der Waals surface area (Å²) in [5.41, 5.74) is 0.419. The molecule has 1 heterocycles. The fourth-order valence-corrected chi connectivity index (χ4v) is 0.869. The second-order valence-electron chi connectivity index (χ2n) is 2.31. The molecule has 0 saturated heterocycles. The second kappa shape index (κ2) is 3.49. The van der Waals surface area contributed by atoms with Crippen molar-refractivity contribution < 1.29 is 9.90 Å². The Morgan fingerprint density at radius 2 is 2.42 bits per heavy atom. The van der Waals surface area contributed by atoms with Crippen LogP contribution in [0.25, 0.3) is 0 Å². The topological polar surface area (TPSA) is 63.1 Å². The van der Waals surface area contributed by atoms with Crippen molar-refractivity contribution >= 4 is 17.6 Å². The van der Waals surface area contributed by atoms with Crippen LogP contribution in [0.15, 0.2) is 12.3 Å². The number of carboxylic acid groups (broad SMARTS) is 1. The van der Waals surface area contributed by atoms with Crippen LogP contribution in [0.3, 0.4) is 0 Å². The molecule has 1 rings (SSSR count). The minimum Gasteiger partial charge on any atom is -0.481 e. The van der Waals surface area contributed by atoms with Gasteiger partial charge in [0.1, 0.15) is 0 Å². The molecule has 0 aliphatic heterocycles. The monoisotopic (exact) mass is 186 g/mol. The van der Waals surface area contributed by atoms with Gasteiger partial charge in [0.2, 0.25) is 5.28 Å². The second-order valence-corrected chi connectivity index (χ2v) is 2.65. The van der Waals surface area contributed by atoms with Gasteiger partial charge < -0.3 is 5.11 Å². The van der Waals surface area contributed by atoms with Crippen molar-refractivity contribution in [2.45, 2.75) is 12.8 Å². The fraction of sp³-hybridized carbons (Fsp3) is 0.286. The van der Waals surface area contributed by atoms with E-state index in [1.54, 1.807) is 6.92 Å². The highest BCUT2D eigenvalue weighted by atomic mass is 35.5. The predicted molar refractivity (Wildman–Crippen MR) is 43.1 cm³/mol. The van der Waals surface area contributed by atoms with Gasteiger partial charge in [-0.05, 0) is 24.6 Å². The first-order valence-corrected chi connectivity index (χ1v) is 3.70. The third kappa shape index (κ3) is 1.92. The van der Waals surface area contributed by atoms with Crippen LogP contribution in [0.1, 0.15) is 18.5 Å². The van der Waals surface area contributed by atoms with Crippen LogP contribution in [-0.2, 0) is 4.79 Å². The first-order chi connectivity index (χ1) is 5.61. The Kier molecular flexibility index (Phi) is 2.60. The third-order valence-electron chi connectivity index (χ3n) is 1.46. The van der Waals surface area contributed by atoms with Crippen LogP contribution in [0.4, 0.5) is 0 Å². The number of carbonyl (C=O) groups is 1. The lowest BCUT2D eigenvalue weighted by Crippen LogP contribution is -2.09. The largest absolute Gasteiger partial charge is 0.481 e. The molecule has 1 unspecified atom stereocenters. The molecule has 0 amide bonds. The smallest absolute Gasteiger partial charge is 0.312 e. The summed E-state index contributed by atoms with van der Waals surface area (Å²) < 4.78 is 0. The van der Waals surface area contributed by atoms with Gasteiger partial charge in [-0.15, -0.1) is 0 Å². The lowest BCUT2D eigenvalue weighted by atomic mass is 10.1. The van der Waals surface area contributed by atoms with E-state index in [-0.39, 0.29) is 5.28 Å². The highest BCUT2D eigenvalue weighted by Crippen LogP contribution is 2.13. The minimum absolute atomic E-state index is 0.0700. The van der Waals surface area contributed by atoms with E-state index in [9.17, 15) is 4.79 Å². The number of hydrogen-bond donors (Lipinski definition) is 1. The van der Waals surface area contributed by atoms with Gasteiger partial charge in [0.25, 0.3) is 0 Å². The van der Waals surface area contributed by atoms with E-state index in [4.69, 9.17) is 16.7 Å². The Bertz CT molecular complexity index is 303. The van der Waals surface area contributed by atoms with Gasteiger partial charge in [-0.2, -0.15) is 0 Å².